The molecule has 3 fully saturated rings. The van der Waals surface area contributed by atoms with E-state index in [4.69, 9.17) is 0 Å². The molecule has 114 valence electrons. The Morgan fingerprint density at radius 1 is 0.950 bits per heavy atom. The van der Waals surface area contributed by atoms with Crippen molar-refractivity contribution < 1.29 is 0 Å². The van der Waals surface area contributed by atoms with Crippen molar-refractivity contribution in [2.75, 3.05) is 0 Å². The van der Waals surface area contributed by atoms with E-state index in [0.717, 1.165) is 17.8 Å². The van der Waals surface area contributed by atoms with Crippen molar-refractivity contribution in [1.82, 2.24) is 0 Å². The van der Waals surface area contributed by atoms with Crippen LogP contribution in [-0.4, -0.2) is 0 Å². The topological polar surface area (TPSA) is 0 Å². The lowest BCUT2D eigenvalue weighted by Gasteiger charge is -2.62. The van der Waals surface area contributed by atoms with E-state index in [1.165, 1.54) is 51.4 Å². The van der Waals surface area contributed by atoms with Gasteiger partial charge in [0.15, 0.2) is 0 Å². The van der Waals surface area contributed by atoms with Crippen LogP contribution in [0.25, 0.3) is 0 Å². The van der Waals surface area contributed by atoms with Gasteiger partial charge in [0.25, 0.3) is 0 Å². The zero-order chi connectivity index (χ0) is 14.6. The Morgan fingerprint density at radius 3 is 2.40 bits per heavy atom. The van der Waals surface area contributed by atoms with E-state index in [1.807, 2.05) is 0 Å². The molecule has 0 bridgehead atoms. The van der Waals surface area contributed by atoms with E-state index in [-0.39, 0.29) is 0 Å². The standard InChI is InChI=1S/C20H34/c1-6-19(4)13-10-16-15(14-19)8-9-17-18(2,3)11-7-12-20(16,17)5/h6,15-17H,1,7-14H2,2-5H3. The number of allylic oxidation sites excluding steroid dienone is 1. The van der Waals surface area contributed by atoms with Crippen molar-refractivity contribution in [3.05, 3.63) is 12.7 Å². The highest BCUT2D eigenvalue weighted by Crippen LogP contribution is 2.65. The molecule has 0 aromatic heterocycles. The third-order valence-electron chi connectivity index (χ3n) is 7.77. The first-order valence-electron chi connectivity index (χ1n) is 8.94. The third kappa shape index (κ3) is 2.09. The van der Waals surface area contributed by atoms with E-state index in [9.17, 15) is 0 Å². The molecule has 0 radical (unpaired) electrons. The molecule has 0 heteroatoms. The summed E-state index contributed by atoms with van der Waals surface area (Å²) in [5, 5.41) is 0. The summed E-state index contributed by atoms with van der Waals surface area (Å²) in [6.45, 7) is 14.3. The van der Waals surface area contributed by atoms with Crippen LogP contribution >= 0.6 is 0 Å². The number of rotatable bonds is 1. The summed E-state index contributed by atoms with van der Waals surface area (Å²) >= 11 is 0. The zero-order valence-corrected chi connectivity index (χ0v) is 14.2. The van der Waals surface area contributed by atoms with Gasteiger partial charge in [-0.1, -0.05) is 40.2 Å². The Labute approximate surface area is 126 Å². The summed E-state index contributed by atoms with van der Waals surface area (Å²) in [6.07, 6.45) is 13.9. The molecule has 0 spiro atoms. The van der Waals surface area contributed by atoms with E-state index in [0.29, 0.717) is 16.2 Å². The van der Waals surface area contributed by atoms with Gasteiger partial charge in [0.2, 0.25) is 0 Å². The SMILES string of the molecule is C=CC1(C)CCC2C(CCC3C(C)(C)CCCC23C)C1. The number of hydrogen-bond donors (Lipinski definition) is 0. The first-order valence-corrected chi connectivity index (χ1v) is 8.94. The molecule has 3 aliphatic carbocycles. The molecule has 20 heavy (non-hydrogen) atoms. The van der Waals surface area contributed by atoms with Gasteiger partial charge in [0.1, 0.15) is 0 Å². The maximum absolute atomic E-state index is 4.12. The molecule has 3 rings (SSSR count). The van der Waals surface area contributed by atoms with Crippen molar-refractivity contribution in [1.29, 1.82) is 0 Å². The second-order valence-electron chi connectivity index (χ2n) is 9.45. The lowest BCUT2D eigenvalue weighted by molar-refractivity contribution is -0.119. The van der Waals surface area contributed by atoms with Gasteiger partial charge in [-0.05, 0) is 78.9 Å². The normalized spacial score (nSPS) is 50.9. The van der Waals surface area contributed by atoms with Gasteiger partial charge >= 0.3 is 0 Å². The van der Waals surface area contributed by atoms with Crippen LogP contribution in [0.4, 0.5) is 0 Å². The Bertz CT molecular complexity index is 393. The molecule has 3 aliphatic rings. The second-order valence-corrected chi connectivity index (χ2v) is 9.45. The quantitative estimate of drug-likeness (QED) is 0.498. The molecule has 5 unspecified atom stereocenters. The van der Waals surface area contributed by atoms with Crippen LogP contribution in [0.1, 0.15) is 79.1 Å². The second kappa shape index (κ2) is 4.62. The molecule has 0 amide bonds. The summed E-state index contributed by atoms with van der Waals surface area (Å²) in [6, 6.07) is 0. The summed E-state index contributed by atoms with van der Waals surface area (Å²) in [5.74, 6) is 2.94. The fourth-order valence-electron chi connectivity index (χ4n) is 6.63. The summed E-state index contributed by atoms with van der Waals surface area (Å²) in [4.78, 5) is 0. The molecule has 5 atom stereocenters. The van der Waals surface area contributed by atoms with E-state index in [2.05, 4.69) is 40.3 Å². The van der Waals surface area contributed by atoms with Gasteiger partial charge in [-0.25, -0.2) is 0 Å². The van der Waals surface area contributed by atoms with Gasteiger partial charge in [-0.3, -0.25) is 0 Å². The highest BCUT2D eigenvalue weighted by atomic mass is 14.6. The van der Waals surface area contributed by atoms with Crippen LogP contribution in [0.15, 0.2) is 12.7 Å². The predicted octanol–water partition coefficient (Wildman–Crippen LogP) is 6.22. The van der Waals surface area contributed by atoms with Gasteiger partial charge < -0.3 is 0 Å². The van der Waals surface area contributed by atoms with Crippen molar-refractivity contribution in [2.24, 2.45) is 34.0 Å². The molecule has 0 aliphatic heterocycles. The smallest absolute Gasteiger partial charge is 0.0146 e. The van der Waals surface area contributed by atoms with Crippen LogP contribution in [0.2, 0.25) is 0 Å². The highest BCUT2D eigenvalue weighted by Gasteiger charge is 2.56. The predicted molar refractivity (Wildman–Crippen MR) is 87.6 cm³/mol. The van der Waals surface area contributed by atoms with Crippen LogP contribution in [0, 0.1) is 34.0 Å². The van der Waals surface area contributed by atoms with Gasteiger partial charge in [-0.2, -0.15) is 0 Å². The minimum Gasteiger partial charge on any atom is -0.103 e. The Morgan fingerprint density at radius 2 is 1.70 bits per heavy atom. The number of fused-ring (bicyclic) bond motifs is 3. The highest BCUT2D eigenvalue weighted by molar-refractivity contribution is 5.08. The molecule has 0 aromatic rings. The lowest BCUT2D eigenvalue weighted by Crippen LogP contribution is -2.53. The maximum atomic E-state index is 4.12. The van der Waals surface area contributed by atoms with Gasteiger partial charge in [0.05, 0.1) is 0 Å². The molecule has 0 heterocycles. The Hall–Kier alpha value is -0.260. The van der Waals surface area contributed by atoms with E-state index < -0.39 is 0 Å². The average Bonchev–Trinajstić information content (AvgIpc) is 2.37. The molecule has 3 saturated carbocycles. The van der Waals surface area contributed by atoms with Crippen molar-refractivity contribution in [2.45, 2.75) is 79.1 Å². The van der Waals surface area contributed by atoms with Crippen LogP contribution in [0.5, 0.6) is 0 Å². The summed E-state index contributed by atoms with van der Waals surface area (Å²) in [5.41, 5.74) is 1.64. The van der Waals surface area contributed by atoms with Crippen molar-refractivity contribution >= 4 is 0 Å². The fraction of sp³-hybridized carbons (Fsp3) is 0.900. The average molecular weight is 274 g/mol. The van der Waals surface area contributed by atoms with Crippen LogP contribution < -0.4 is 0 Å². The van der Waals surface area contributed by atoms with Crippen LogP contribution in [-0.2, 0) is 0 Å². The van der Waals surface area contributed by atoms with Crippen LogP contribution in [0.3, 0.4) is 0 Å². The minimum atomic E-state index is 0.425. The van der Waals surface area contributed by atoms with E-state index in [1.54, 1.807) is 0 Å². The Kier molecular flexibility index (Phi) is 3.39. The minimum absolute atomic E-state index is 0.425. The number of hydrogen-bond acceptors (Lipinski definition) is 0. The molecule has 0 nitrogen and oxygen atoms in total. The first kappa shape index (κ1) is 14.7. The molecular formula is C20H34. The fourth-order valence-corrected chi connectivity index (χ4v) is 6.63. The van der Waals surface area contributed by atoms with Gasteiger partial charge in [-0.15, -0.1) is 6.58 Å². The van der Waals surface area contributed by atoms with E-state index >= 15 is 0 Å². The first-order chi connectivity index (χ1) is 9.31. The third-order valence-corrected chi connectivity index (χ3v) is 7.77. The largest absolute Gasteiger partial charge is 0.103 e. The lowest BCUT2D eigenvalue weighted by atomic mass is 9.43. The summed E-state index contributed by atoms with van der Waals surface area (Å²) in [7, 11) is 0. The molecular weight excluding hydrogens is 240 g/mol. The monoisotopic (exact) mass is 274 g/mol. The van der Waals surface area contributed by atoms with Gasteiger partial charge in [0, 0.05) is 0 Å². The molecule has 0 aromatic carbocycles. The zero-order valence-electron chi connectivity index (χ0n) is 14.2. The Balaban J connectivity index is 1.87. The van der Waals surface area contributed by atoms with Crippen molar-refractivity contribution in [3.63, 3.8) is 0 Å². The summed E-state index contributed by atoms with van der Waals surface area (Å²) < 4.78 is 0. The molecule has 0 saturated heterocycles. The van der Waals surface area contributed by atoms with Crippen molar-refractivity contribution in [3.8, 4) is 0 Å². The molecule has 0 N–H and O–H groups in total. The maximum Gasteiger partial charge on any atom is -0.0146 e.